The number of benzene rings is 2. The third-order valence-electron chi connectivity index (χ3n) is 6.69. The summed E-state index contributed by atoms with van der Waals surface area (Å²) in [4.78, 5) is 18.7. The van der Waals surface area contributed by atoms with Gasteiger partial charge in [0.2, 0.25) is 0 Å². The van der Waals surface area contributed by atoms with Gasteiger partial charge in [-0.3, -0.25) is 9.69 Å². The number of pyridine rings is 1. The Bertz CT molecular complexity index is 1400. The lowest BCUT2D eigenvalue weighted by Gasteiger charge is -2.32. The van der Waals surface area contributed by atoms with Gasteiger partial charge in [0.15, 0.2) is 5.82 Å². The van der Waals surface area contributed by atoms with Crippen molar-refractivity contribution in [3.63, 3.8) is 0 Å². The first-order valence-electron chi connectivity index (χ1n) is 12.4. The number of hydrogen-bond acceptors (Lipinski definition) is 6. The van der Waals surface area contributed by atoms with Gasteiger partial charge in [-0.25, -0.2) is 4.68 Å². The summed E-state index contributed by atoms with van der Waals surface area (Å²) in [5.74, 6) is 1.61. The van der Waals surface area contributed by atoms with Crippen molar-refractivity contribution in [3.8, 4) is 5.75 Å². The molecule has 4 aromatic rings. The van der Waals surface area contributed by atoms with Crippen LogP contribution in [0.5, 0.6) is 5.75 Å². The molecule has 4 rings (SSSR count). The smallest absolute Gasteiger partial charge is 0.252 e. The molecule has 8 heteroatoms. The zero-order chi connectivity index (χ0) is 26.0. The van der Waals surface area contributed by atoms with E-state index in [9.17, 15) is 4.79 Å². The van der Waals surface area contributed by atoms with Gasteiger partial charge >= 0.3 is 0 Å². The molecule has 0 bridgehead atoms. The van der Waals surface area contributed by atoms with E-state index < -0.39 is 0 Å². The summed E-state index contributed by atoms with van der Waals surface area (Å²) in [6, 6.07) is 14.1. The Morgan fingerprint density at radius 2 is 1.75 bits per heavy atom. The molecule has 2 heterocycles. The number of nitrogens with one attached hydrogen (secondary N) is 1. The van der Waals surface area contributed by atoms with Crippen molar-refractivity contribution < 1.29 is 4.74 Å². The second-order valence-corrected chi connectivity index (χ2v) is 10.4. The number of fused-ring (bicyclic) bond motifs is 1. The molecule has 8 nitrogen and oxygen atoms in total. The molecule has 0 aliphatic rings. The van der Waals surface area contributed by atoms with Crippen LogP contribution in [0.15, 0.2) is 47.3 Å². The van der Waals surface area contributed by atoms with Gasteiger partial charge in [0.25, 0.3) is 5.56 Å². The number of methoxy groups -OCH3 is 1. The highest BCUT2D eigenvalue weighted by Gasteiger charge is 2.29. The van der Waals surface area contributed by atoms with E-state index in [4.69, 9.17) is 4.74 Å². The highest BCUT2D eigenvalue weighted by Crippen LogP contribution is 2.30. The lowest BCUT2D eigenvalue weighted by molar-refractivity contribution is 0.153. The van der Waals surface area contributed by atoms with Crippen LogP contribution < -0.4 is 10.3 Å². The highest BCUT2D eigenvalue weighted by molar-refractivity contribution is 5.85. The van der Waals surface area contributed by atoms with Crippen LogP contribution in [-0.4, -0.2) is 37.2 Å². The quantitative estimate of drug-likeness (QED) is 0.373. The highest BCUT2D eigenvalue weighted by atomic mass is 16.5. The maximum Gasteiger partial charge on any atom is 0.252 e. The standard InChI is InChI=1S/C28H36N6O2/c1-8-24(26-30-31-32-34(26)28(4,5)6)33(16-20-11-13-22(36-7)14-12-20)17-21-15-23-18(2)9-10-19(3)25(23)29-27(21)35/h9-15,24H,8,16-17H2,1-7H3,(H,29,35)/t24-/m1/s1. The Labute approximate surface area is 212 Å². The summed E-state index contributed by atoms with van der Waals surface area (Å²) in [5, 5.41) is 13.8. The number of aryl methyl sites for hydroxylation is 2. The third kappa shape index (κ3) is 5.18. The number of tetrazole rings is 1. The Hall–Kier alpha value is -3.52. The van der Waals surface area contributed by atoms with Gasteiger partial charge in [-0.2, -0.15) is 0 Å². The molecule has 0 spiro atoms. The van der Waals surface area contributed by atoms with Gasteiger partial charge in [0.05, 0.1) is 24.2 Å². The van der Waals surface area contributed by atoms with E-state index in [0.29, 0.717) is 13.1 Å². The monoisotopic (exact) mass is 488 g/mol. The zero-order valence-corrected chi connectivity index (χ0v) is 22.3. The molecule has 0 saturated carbocycles. The molecule has 0 aliphatic heterocycles. The summed E-state index contributed by atoms with van der Waals surface area (Å²) >= 11 is 0. The first kappa shape index (κ1) is 25.6. The van der Waals surface area contributed by atoms with Gasteiger partial charge in [-0.05, 0) is 86.4 Å². The van der Waals surface area contributed by atoms with Crippen LogP contribution in [0.1, 0.15) is 68.2 Å². The van der Waals surface area contributed by atoms with Crippen molar-refractivity contribution >= 4 is 10.9 Å². The summed E-state index contributed by atoms with van der Waals surface area (Å²) < 4.78 is 7.23. The molecule has 36 heavy (non-hydrogen) atoms. The summed E-state index contributed by atoms with van der Waals surface area (Å²) in [6.07, 6.45) is 0.788. The van der Waals surface area contributed by atoms with Crippen LogP contribution in [0.4, 0.5) is 0 Å². The molecular formula is C28H36N6O2. The van der Waals surface area contributed by atoms with Crippen molar-refractivity contribution in [2.45, 2.75) is 72.6 Å². The molecule has 0 amide bonds. The number of nitrogens with zero attached hydrogens (tertiary/aromatic N) is 5. The molecule has 1 atom stereocenters. The first-order valence-corrected chi connectivity index (χ1v) is 12.4. The van der Waals surface area contributed by atoms with Crippen molar-refractivity contribution in [3.05, 3.63) is 80.9 Å². The predicted octanol–water partition coefficient (Wildman–Crippen LogP) is 5.05. The first-order chi connectivity index (χ1) is 17.1. The molecule has 2 aromatic carbocycles. The molecule has 1 N–H and O–H groups in total. The van der Waals surface area contributed by atoms with Gasteiger partial charge < -0.3 is 9.72 Å². The van der Waals surface area contributed by atoms with Crippen LogP contribution in [0, 0.1) is 13.8 Å². The lowest BCUT2D eigenvalue weighted by atomic mass is 10.0. The SMILES string of the molecule is CC[C@H](c1nnnn1C(C)(C)C)N(Cc1ccc(OC)cc1)Cc1cc2c(C)ccc(C)c2[nH]c1=O. The van der Waals surface area contributed by atoms with Crippen LogP contribution >= 0.6 is 0 Å². The number of H-pyrrole nitrogens is 1. The third-order valence-corrected chi connectivity index (χ3v) is 6.69. The number of rotatable bonds is 8. The maximum atomic E-state index is 13.2. The molecule has 0 radical (unpaired) electrons. The van der Waals surface area contributed by atoms with Crippen molar-refractivity contribution in [1.82, 2.24) is 30.1 Å². The molecule has 0 aliphatic carbocycles. The van der Waals surface area contributed by atoms with Gasteiger partial charge in [-0.15, -0.1) is 5.10 Å². The minimum Gasteiger partial charge on any atom is -0.497 e. The van der Waals surface area contributed by atoms with E-state index in [-0.39, 0.29) is 17.1 Å². The predicted molar refractivity (Wildman–Crippen MR) is 142 cm³/mol. The summed E-state index contributed by atoms with van der Waals surface area (Å²) in [7, 11) is 1.66. The molecule has 0 saturated heterocycles. The van der Waals surface area contributed by atoms with E-state index in [1.54, 1.807) is 7.11 Å². The molecule has 190 valence electrons. The average molecular weight is 489 g/mol. The Morgan fingerprint density at radius 1 is 1.06 bits per heavy atom. The van der Waals surface area contributed by atoms with E-state index in [2.05, 4.69) is 78.2 Å². The minimum atomic E-state index is -0.271. The number of ether oxygens (including phenoxy) is 1. The minimum absolute atomic E-state index is 0.0683. The maximum absolute atomic E-state index is 13.2. The van der Waals surface area contributed by atoms with E-state index in [1.807, 2.05) is 35.9 Å². The fourth-order valence-corrected chi connectivity index (χ4v) is 4.68. The van der Waals surface area contributed by atoms with E-state index >= 15 is 0 Å². The van der Waals surface area contributed by atoms with Gasteiger partial charge in [0, 0.05) is 24.0 Å². The van der Waals surface area contributed by atoms with E-state index in [0.717, 1.165) is 51.2 Å². The number of hydrogen-bond donors (Lipinski definition) is 1. The van der Waals surface area contributed by atoms with Crippen LogP contribution in [-0.2, 0) is 18.6 Å². The summed E-state index contributed by atoms with van der Waals surface area (Å²) in [5.41, 5.74) is 4.60. The van der Waals surface area contributed by atoms with Crippen LogP contribution in [0.25, 0.3) is 10.9 Å². The van der Waals surface area contributed by atoms with Crippen LogP contribution in [0.3, 0.4) is 0 Å². The average Bonchev–Trinajstić information content (AvgIpc) is 3.34. The Morgan fingerprint density at radius 3 is 2.39 bits per heavy atom. The summed E-state index contributed by atoms with van der Waals surface area (Å²) in [6.45, 7) is 13.6. The normalized spacial score (nSPS) is 12.9. The molecular weight excluding hydrogens is 452 g/mol. The topological polar surface area (TPSA) is 88.9 Å². The van der Waals surface area contributed by atoms with Crippen molar-refractivity contribution in [2.24, 2.45) is 0 Å². The zero-order valence-electron chi connectivity index (χ0n) is 22.3. The molecule has 0 unspecified atom stereocenters. The fraction of sp³-hybridized carbons (Fsp3) is 0.429. The van der Waals surface area contributed by atoms with Crippen molar-refractivity contribution in [1.29, 1.82) is 0 Å². The number of aromatic amines is 1. The van der Waals surface area contributed by atoms with E-state index in [1.165, 1.54) is 0 Å². The van der Waals surface area contributed by atoms with Crippen LogP contribution in [0.2, 0.25) is 0 Å². The van der Waals surface area contributed by atoms with Crippen molar-refractivity contribution in [2.75, 3.05) is 7.11 Å². The fourth-order valence-electron chi connectivity index (χ4n) is 4.68. The lowest BCUT2D eigenvalue weighted by Crippen LogP contribution is -2.35. The van der Waals surface area contributed by atoms with Gasteiger partial charge in [0.1, 0.15) is 5.75 Å². The second kappa shape index (κ2) is 10.2. The Kier molecular flexibility index (Phi) is 7.26. The second-order valence-electron chi connectivity index (χ2n) is 10.4. The van der Waals surface area contributed by atoms with Gasteiger partial charge in [-0.1, -0.05) is 31.2 Å². The molecule has 2 aromatic heterocycles. The Balaban J connectivity index is 1.79. The largest absolute Gasteiger partial charge is 0.497 e. The number of aromatic nitrogens is 5. The molecule has 0 fully saturated rings.